The molecule has 0 aromatic carbocycles. The molecule has 0 bridgehead atoms. The molecular formula is C10H7BrN2O3. The molecule has 0 spiro atoms. The third-order valence-corrected chi connectivity index (χ3v) is 3.04. The van der Waals surface area contributed by atoms with Crippen LogP contribution in [0.4, 0.5) is 0 Å². The predicted octanol–water partition coefficient (Wildman–Crippen LogP) is 2.56. The van der Waals surface area contributed by atoms with Gasteiger partial charge in [0, 0.05) is 5.92 Å². The standard InChI is InChI=1S/C10H7BrN2O3/c11-6-3-5(10(14)15)7-8(4-1-2-4)13-16-9(7)12-6/h3-4H,1-2H2,(H,14,15). The summed E-state index contributed by atoms with van der Waals surface area (Å²) in [5.41, 5.74) is 1.21. The number of pyridine rings is 1. The van der Waals surface area contributed by atoms with E-state index < -0.39 is 5.97 Å². The van der Waals surface area contributed by atoms with Gasteiger partial charge in [0.25, 0.3) is 5.71 Å². The van der Waals surface area contributed by atoms with Crippen molar-refractivity contribution in [3.63, 3.8) is 0 Å². The van der Waals surface area contributed by atoms with Crippen molar-refractivity contribution in [1.82, 2.24) is 10.1 Å². The Balaban J connectivity index is 2.35. The summed E-state index contributed by atoms with van der Waals surface area (Å²) in [6.07, 6.45) is 2.08. The number of carboxylic acid groups (broad SMARTS) is 1. The lowest BCUT2D eigenvalue weighted by Crippen LogP contribution is -1.99. The van der Waals surface area contributed by atoms with Gasteiger partial charge < -0.3 is 9.63 Å². The van der Waals surface area contributed by atoms with Crippen molar-refractivity contribution in [2.75, 3.05) is 0 Å². The molecule has 1 aliphatic carbocycles. The summed E-state index contributed by atoms with van der Waals surface area (Å²) in [6.45, 7) is 0. The second kappa shape index (κ2) is 3.28. The molecule has 0 unspecified atom stereocenters. The highest BCUT2D eigenvalue weighted by Crippen LogP contribution is 2.43. The number of rotatable bonds is 2. The second-order valence-corrected chi connectivity index (χ2v) is 4.63. The molecule has 0 amide bonds. The number of aromatic nitrogens is 2. The minimum Gasteiger partial charge on any atom is -0.478 e. The van der Waals surface area contributed by atoms with Crippen molar-refractivity contribution < 1.29 is 14.4 Å². The van der Waals surface area contributed by atoms with E-state index in [2.05, 4.69) is 26.1 Å². The van der Waals surface area contributed by atoms with Gasteiger partial charge >= 0.3 is 5.97 Å². The fourth-order valence-electron chi connectivity index (χ4n) is 1.75. The summed E-state index contributed by atoms with van der Waals surface area (Å²) in [5, 5.41) is 13.6. The summed E-state index contributed by atoms with van der Waals surface area (Å²) in [4.78, 5) is 15.2. The van der Waals surface area contributed by atoms with E-state index in [1.54, 1.807) is 0 Å². The Morgan fingerprint density at radius 3 is 2.94 bits per heavy atom. The molecule has 0 saturated heterocycles. The van der Waals surface area contributed by atoms with Crippen LogP contribution in [0.1, 0.15) is 34.8 Å². The maximum Gasteiger partial charge on any atom is 0.336 e. The van der Waals surface area contributed by atoms with E-state index in [1.165, 1.54) is 6.07 Å². The molecule has 0 aliphatic heterocycles. The number of fused-ring (bicyclic) bond motifs is 1. The van der Waals surface area contributed by atoms with Crippen LogP contribution in [0.3, 0.4) is 0 Å². The number of aromatic carboxylic acids is 1. The number of nitrogens with zero attached hydrogens (tertiary/aromatic N) is 2. The Kier molecular flexibility index (Phi) is 2.00. The van der Waals surface area contributed by atoms with E-state index in [0.29, 0.717) is 15.9 Å². The van der Waals surface area contributed by atoms with Crippen molar-refractivity contribution in [2.45, 2.75) is 18.8 Å². The molecule has 0 radical (unpaired) electrons. The number of hydrogen-bond acceptors (Lipinski definition) is 4. The van der Waals surface area contributed by atoms with Gasteiger partial charge in [0.05, 0.1) is 16.6 Å². The molecule has 16 heavy (non-hydrogen) atoms. The van der Waals surface area contributed by atoms with Crippen LogP contribution < -0.4 is 0 Å². The van der Waals surface area contributed by atoms with E-state index in [0.717, 1.165) is 18.5 Å². The highest BCUT2D eigenvalue weighted by Gasteiger charge is 2.31. The predicted molar refractivity (Wildman–Crippen MR) is 58.4 cm³/mol. The minimum absolute atomic E-state index is 0.194. The molecule has 2 aromatic heterocycles. The molecule has 6 heteroatoms. The highest BCUT2D eigenvalue weighted by atomic mass is 79.9. The molecule has 2 heterocycles. The van der Waals surface area contributed by atoms with Gasteiger partial charge in [-0.05, 0) is 34.8 Å². The van der Waals surface area contributed by atoms with Gasteiger partial charge in [0.2, 0.25) is 0 Å². The second-order valence-electron chi connectivity index (χ2n) is 3.82. The lowest BCUT2D eigenvalue weighted by Gasteiger charge is -1.98. The molecular weight excluding hydrogens is 276 g/mol. The summed E-state index contributed by atoms with van der Waals surface area (Å²) < 4.78 is 5.51. The Hall–Kier alpha value is -1.43. The van der Waals surface area contributed by atoms with Crippen LogP contribution in [0, 0.1) is 0 Å². The molecule has 82 valence electrons. The summed E-state index contributed by atoms with van der Waals surface area (Å²) in [6, 6.07) is 1.48. The average Bonchev–Trinajstić information content (AvgIpc) is 2.98. The van der Waals surface area contributed by atoms with Crippen molar-refractivity contribution in [1.29, 1.82) is 0 Å². The van der Waals surface area contributed by atoms with Crippen molar-refractivity contribution in [3.8, 4) is 0 Å². The van der Waals surface area contributed by atoms with Crippen LogP contribution in [-0.4, -0.2) is 21.2 Å². The van der Waals surface area contributed by atoms with Crippen LogP contribution in [0.25, 0.3) is 11.1 Å². The zero-order valence-electron chi connectivity index (χ0n) is 8.11. The number of halogens is 1. The van der Waals surface area contributed by atoms with Gasteiger partial charge in [0.1, 0.15) is 4.60 Å². The molecule has 1 fully saturated rings. The quantitative estimate of drug-likeness (QED) is 0.857. The third kappa shape index (κ3) is 1.41. The van der Waals surface area contributed by atoms with E-state index in [9.17, 15) is 4.79 Å². The first-order chi connectivity index (χ1) is 7.66. The van der Waals surface area contributed by atoms with Crippen LogP contribution in [0.15, 0.2) is 15.2 Å². The van der Waals surface area contributed by atoms with Crippen LogP contribution in [0.5, 0.6) is 0 Å². The molecule has 1 aliphatic rings. The lowest BCUT2D eigenvalue weighted by atomic mass is 10.1. The van der Waals surface area contributed by atoms with Gasteiger partial charge in [-0.2, -0.15) is 0 Å². The van der Waals surface area contributed by atoms with Gasteiger partial charge in [-0.1, -0.05) is 5.16 Å². The monoisotopic (exact) mass is 282 g/mol. The number of carbonyl (C=O) groups is 1. The van der Waals surface area contributed by atoms with Crippen LogP contribution >= 0.6 is 15.9 Å². The number of carboxylic acids is 1. The van der Waals surface area contributed by atoms with E-state index in [1.807, 2.05) is 0 Å². The maximum absolute atomic E-state index is 11.1. The van der Waals surface area contributed by atoms with Crippen molar-refractivity contribution in [3.05, 3.63) is 21.9 Å². The summed E-state index contributed by atoms with van der Waals surface area (Å²) >= 11 is 3.15. The highest BCUT2D eigenvalue weighted by molar-refractivity contribution is 9.10. The first-order valence-electron chi connectivity index (χ1n) is 4.86. The summed E-state index contributed by atoms with van der Waals surface area (Å²) in [5.74, 6) is -0.652. The SMILES string of the molecule is O=C(O)c1cc(Br)nc2onc(C3CC3)c12. The third-order valence-electron chi connectivity index (χ3n) is 2.64. The Bertz CT molecular complexity index is 589. The van der Waals surface area contributed by atoms with E-state index in [4.69, 9.17) is 9.63 Å². The van der Waals surface area contributed by atoms with Crippen molar-refractivity contribution >= 4 is 33.0 Å². The average molecular weight is 283 g/mol. The van der Waals surface area contributed by atoms with E-state index >= 15 is 0 Å². The van der Waals surface area contributed by atoms with Gasteiger partial charge in [-0.15, -0.1) is 0 Å². The molecule has 0 atom stereocenters. The van der Waals surface area contributed by atoms with Crippen LogP contribution in [0.2, 0.25) is 0 Å². The smallest absolute Gasteiger partial charge is 0.336 e. The Morgan fingerprint density at radius 2 is 2.31 bits per heavy atom. The van der Waals surface area contributed by atoms with Crippen molar-refractivity contribution in [2.24, 2.45) is 0 Å². The van der Waals surface area contributed by atoms with Crippen LogP contribution in [-0.2, 0) is 0 Å². The van der Waals surface area contributed by atoms with Gasteiger partial charge in [0.15, 0.2) is 0 Å². The Morgan fingerprint density at radius 1 is 1.56 bits per heavy atom. The molecule has 5 nitrogen and oxygen atoms in total. The van der Waals surface area contributed by atoms with E-state index in [-0.39, 0.29) is 11.3 Å². The first-order valence-corrected chi connectivity index (χ1v) is 5.65. The maximum atomic E-state index is 11.1. The topological polar surface area (TPSA) is 76.2 Å². The summed E-state index contributed by atoms with van der Waals surface area (Å²) in [7, 11) is 0. The van der Waals surface area contributed by atoms with Gasteiger partial charge in [-0.25, -0.2) is 9.78 Å². The number of hydrogen-bond donors (Lipinski definition) is 1. The lowest BCUT2D eigenvalue weighted by molar-refractivity contribution is 0.0698. The zero-order chi connectivity index (χ0) is 11.3. The fourth-order valence-corrected chi connectivity index (χ4v) is 2.14. The molecule has 3 rings (SSSR count). The molecule has 1 saturated carbocycles. The Labute approximate surface area is 98.6 Å². The fraction of sp³-hybridized carbons (Fsp3) is 0.300. The molecule has 1 N–H and O–H groups in total. The minimum atomic E-state index is -0.988. The largest absolute Gasteiger partial charge is 0.478 e. The zero-order valence-corrected chi connectivity index (χ0v) is 9.69. The first kappa shape index (κ1) is 9.77. The molecule has 2 aromatic rings. The van der Waals surface area contributed by atoms with Gasteiger partial charge in [-0.3, -0.25) is 0 Å². The normalized spacial score (nSPS) is 15.6.